The first kappa shape index (κ1) is 31.8. The summed E-state index contributed by atoms with van der Waals surface area (Å²) in [7, 11) is -3.17. The van der Waals surface area contributed by atoms with Crippen LogP contribution in [0.5, 0.6) is 5.88 Å². The molecule has 1 amide bonds. The van der Waals surface area contributed by atoms with Crippen LogP contribution in [0.25, 0.3) is 5.82 Å². The highest BCUT2D eigenvalue weighted by molar-refractivity contribution is 7.90. The van der Waals surface area contributed by atoms with E-state index in [1.165, 1.54) is 42.1 Å². The first-order chi connectivity index (χ1) is 19.4. The Morgan fingerprint density at radius 3 is 2.50 bits per heavy atom. The molecule has 0 saturated carbocycles. The van der Waals surface area contributed by atoms with Gasteiger partial charge < -0.3 is 9.64 Å². The number of hydrogen-bond acceptors (Lipinski definition) is 8. The first-order valence-electron chi connectivity index (χ1n) is 13.5. The predicted octanol–water partition coefficient (Wildman–Crippen LogP) is 4.36. The van der Waals surface area contributed by atoms with Crippen LogP contribution in [0.2, 0.25) is 0 Å². The number of pyridine rings is 1. The highest BCUT2D eigenvalue weighted by Gasteiger charge is 2.46. The molecule has 2 atom stereocenters. The molecule has 230 valence electrons. The Hall–Kier alpha value is -3.12. The molecule has 15 heteroatoms. The molecule has 1 fully saturated rings. The van der Waals surface area contributed by atoms with Gasteiger partial charge in [-0.05, 0) is 60.5 Å². The molecule has 11 nitrogen and oxygen atoms in total. The van der Waals surface area contributed by atoms with Crippen molar-refractivity contribution in [2.24, 2.45) is 18.4 Å². The third kappa shape index (κ3) is 6.29. The Morgan fingerprint density at radius 1 is 1.24 bits per heavy atom. The number of hydrogen-bond donors (Lipinski definition) is 1. The zero-order valence-corrected chi connectivity index (χ0v) is 26.9. The minimum atomic E-state index is -4.20. The van der Waals surface area contributed by atoms with E-state index in [4.69, 9.17) is 9.72 Å². The lowest BCUT2D eigenvalue weighted by Crippen LogP contribution is -2.41. The van der Waals surface area contributed by atoms with Crippen LogP contribution in [-0.2, 0) is 17.1 Å². The van der Waals surface area contributed by atoms with E-state index < -0.39 is 35.6 Å². The Bertz CT molecular complexity index is 1590. The van der Waals surface area contributed by atoms with Crippen LogP contribution in [-0.4, -0.2) is 69.9 Å². The number of rotatable bonds is 10. The van der Waals surface area contributed by atoms with Gasteiger partial charge in [0, 0.05) is 37.6 Å². The zero-order chi connectivity index (χ0) is 31.3. The Labute approximate surface area is 246 Å². The monoisotopic (exact) mass is 625 g/mol. The number of ether oxygens (including phenoxy) is 1. The van der Waals surface area contributed by atoms with Gasteiger partial charge in [-0.1, -0.05) is 20.8 Å². The standard InChI is InChI=1S/C27H38F2N7O4PS/c1-17-13-26(5,6)35(14-17)23-19(24(37)33-42(38,39)20-15-34(7)31-18(20)2)9-10-21(30-23)36-12-11-22(32-36)40-16-25(3,4)27(28,29)41-8/h9-12,15,17,41H,13-14,16H2,1-8H3,(H,33,37)/t17-/m0/s1. The molecule has 1 aliphatic heterocycles. The number of nitrogens with one attached hydrogen (secondary N) is 1. The van der Waals surface area contributed by atoms with Gasteiger partial charge in [0.1, 0.15) is 17.3 Å². The van der Waals surface area contributed by atoms with Crippen molar-refractivity contribution in [3.05, 3.63) is 41.9 Å². The molecule has 1 unspecified atom stereocenters. The number of carbonyl (C=O) groups excluding carboxylic acids is 1. The summed E-state index contributed by atoms with van der Waals surface area (Å²) in [5, 5.41) is 8.43. The van der Waals surface area contributed by atoms with Crippen molar-refractivity contribution in [2.45, 2.75) is 64.1 Å². The summed E-state index contributed by atoms with van der Waals surface area (Å²) in [6.07, 6.45) is 3.76. The van der Waals surface area contributed by atoms with Crippen molar-refractivity contribution >= 4 is 30.3 Å². The van der Waals surface area contributed by atoms with E-state index >= 15 is 0 Å². The van der Waals surface area contributed by atoms with E-state index in [1.54, 1.807) is 32.3 Å². The largest absolute Gasteiger partial charge is 0.476 e. The summed E-state index contributed by atoms with van der Waals surface area (Å²) in [5.74, 6) is 0.277. The average Bonchev–Trinajstić information content (AvgIpc) is 3.58. The van der Waals surface area contributed by atoms with E-state index in [0.29, 0.717) is 24.1 Å². The maximum atomic E-state index is 14.3. The van der Waals surface area contributed by atoms with Crippen LogP contribution < -0.4 is 14.4 Å². The second-order valence-corrected chi connectivity index (χ2v) is 14.8. The number of anilines is 1. The lowest BCUT2D eigenvalue weighted by Gasteiger charge is -2.34. The Morgan fingerprint density at radius 2 is 1.93 bits per heavy atom. The number of carbonyl (C=O) groups is 1. The van der Waals surface area contributed by atoms with Gasteiger partial charge in [-0.2, -0.15) is 5.10 Å². The lowest BCUT2D eigenvalue weighted by atomic mass is 9.95. The maximum Gasteiger partial charge on any atom is 0.269 e. The molecule has 1 N–H and O–H groups in total. The van der Waals surface area contributed by atoms with Crippen LogP contribution in [0, 0.1) is 18.3 Å². The van der Waals surface area contributed by atoms with Crippen molar-refractivity contribution in [3.63, 3.8) is 0 Å². The number of amides is 1. The maximum absolute atomic E-state index is 14.3. The third-order valence-electron chi connectivity index (χ3n) is 7.46. The molecule has 3 aromatic rings. The van der Waals surface area contributed by atoms with E-state index in [9.17, 15) is 22.0 Å². The Kier molecular flexibility index (Phi) is 8.47. The fourth-order valence-corrected chi connectivity index (χ4v) is 7.11. The van der Waals surface area contributed by atoms with Crippen LogP contribution in [0.3, 0.4) is 0 Å². The molecule has 0 aliphatic carbocycles. The molecule has 1 aliphatic rings. The third-order valence-corrected chi connectivity index (χ3v) is 10.2. The normalized spacial score (nSPS) is 17.8. The number of alkyl halides is 2. The minimum absolute atomic E-state index is 0.0825. The summed E-state index contributed by atoms with van der Waals surface area (Å²) in [6, 6.07) is 4.60. The number of aromatic nitrogens is 5. The highest BCUT2D eigenvalue weighted by atomic mass is 32.2. The predicted molar refractivity (Wildman–Crippen MR) is 158 cm³/mol. The van der Waals surface area contributed by atoms with Crippen molar-refractivity contribution in [1.82, 2.24) is 29.3 Å². The van der Waals surface area contributed by atoms with Crippen LogP contribution in [0.1, 0.15) is 57.1 Å². The van der Waals surface area contributed by atoms with Crippen molar-refractivity contribution in [2.75, 3.05) is 24.7 Å². The van der Waals surface area contributed by atoms with Crippen molar-refractivity contribution in [3.8, 4) is 11.7 Å². The SMILES string of the molecule is CPC(F)(F)C(C)(C)COc1ccn(-c2ccc(C(=O)NS(=O)(=O)c3cn(C)nc3C)c(N3C[C@@H](C)CC3(C)C)n2)n1. The van der Waals surface area contributed by atoms with Gasteiger partial charge >= 0.3 is 0 Å². The smallest absolute Gasteiger partial charge is 0.269 e. The number of aryl methyl sites for hydroxylation is 2. The Balaban J connectivity index is 1.67. The topological polar surface area (TPSA) is 124 Å². The molecule has 0 radical (unpaired) electrons. The number of sulfonamides is 1. The molecule has 0 aromatic carbocycles. The number of nitrogens with zero attached hydrogens (tertiary/aromatic N) is 6. The van der Waals surface area contributed by atoms with Crippen LogP contribution in [0.15, 0.2) is 35.5 Å². The second-order valence-electron chi connectivity index (χ2n) is 12.1. The van der Waals surface area contributed by atoms with Gasteiger partial charge in [0.05, 0.1) is 16.7 Å². The second kappa shape index (κ2) is 11.2. The fraction of sp³-hybridized carbons (Fsp3) is 0.556. The molecular weight excluding hydrogens is 587 g/mol. The number of halogens is 2. The summed E-state index contributed by atoms with van der Waals surface area (Å²) >= 11 is 0. The summed E-state index contributed by atoms with van der Waals surface area (Å²) in [4.78, 5) is 20.1. The van der Waals surface area contributed by atoms with Gasteiger partial charge in [0.25, 0.3) is 21.6 Å². The molecule has 42 heavy (non-hydrogen) atoms. The van der Waals surface area contributed by atoms with Gasteiger partial charge in [-0.25, -0.2) is 31.6 Å². The van der Waals surface area contributed by atoms with E-state index in [0.717, 1.165) is 6.42 Å². The molecule has 4 heterocycles. The van der Waals surface area contributed by atoms with E-state index in [1.807, 2.05) is 18.7 Å². The van der Waals surface area contributed by atoms with E-state index in [2.05, 4.69) is 21.8 Å². The van der Waals surface area contributed by atoms with Crippen LogP contribution >= 0.6 is 8.58 Å². The van der Waals surface area contributed by atoms with Gasteiger partial charge in [0.15, 0.2) is 5.82 Å². The summed E-state index contributed by atoms with van der Waals surface area (Å²) < 4.78 is 65.4. The van der Waals surface area contributed by atoms with Crippen molar-refractivity contribution in [1.29, 1.82) is 0 Å². The average molecular weight is 626 g/mol. The molecule has 0 bridgehead atoms. The minimum Gasteiger partial charge on any atom is -0.476 e. The van der Waals surface area contributed by atoms with Crippen LogP contribution in [0.4, 0.5) is 14.6 Å². The van der Waals surface area contributed by atoms with Gasteiger partial charge in [-0.3, -0.25) is 9.48 Å². The molecular formula is C27H38F2N7O4PS. The molecule has 0 spiro atoms. The van der Waals surface area contributed by atoms with Gasteiger partial charge in [-0.15, -0.1) is 5.10 Å². The fourth-order valence-electron chi connectivity index (χ4n) is 5.18. The lowest BCUT2D eigenvalue weighted by molar-refractivity contribution is -0.0459. The summed E-state index contributed by atoms with van der Waals surface area (Å²) in [5.41, 5.74) is -4.30. The summed E-state index contributed by atoms with van der Waals surface area (Å²) in [6.45, 7) is 12.5. The van der Waals surface area contributed by atoms with Crippen molar-refractivity contribution < 1.29 is 26.7 Å². The molecule has 4 rings (SSSR count). The quantitative estimate of drug-likeness (QED) is 0.330. The zero-order valence-electron chi connectivity index (χ0n) is 25.1. The molecule has 1 saturated heterocycles. The highest BCUT2D eigenvalue weighted by Crippen LogP contribution is 2.47. The first-order valence-corrected chi connectivity index (χ1v) is 16.5. The van der Waals surface area contributed by atoms with Gasteiger partial charge in [0.2, 0.25) is 5.88 Å². The van der Waals surface area contributed by atoms with E-state index in [-0.39, 0.29) is 34.2 Å². The molecule has 3 aromatic heterocycles.